The molecule has 1 unspecified atom stereocenters. The van der Waals surface area contributed by atoms with E-state index in [-0.39, 0.29) is 29.4 Å². The van der Waals surface area contributed by atoms with Gasteiger partial charge in [-0.05, 0) is 53.8 Å². The number of phenolic OH excluding ortho intramolecular Hbond substituents is 1. The molecule has 0 radical (unpaired) electrons. The smallest absolute Gasteiger partial charge is 0.255 e. The third kappa shape index (κ3) is 2.36. The maximum absolute atomic E-state index is 13.5. The molecule has 0 aromatic heterocycles. The molecule has 1 saturated heterocycles. The van der Waals surface area contributed by atoms with Gasteiger partial charge in [0.15, 0.2) is 23.1 Å². The number of hydrogen-bond acceptors (Lipinski definition) is 8. The van der Waals surface area contributed by atoms with Crippen molar-refractivity contribution in [1.82, 2.24) is 0 Å². The average Bonchev–Trinajstić information content (AvgIpc) is 3.48. The van der Waals surface area contributed by atoms with Gasteiger partial charge in [-0.25, -0.2) is 0 Å². The van der Waals surface area contributed by atoms with Gasteiger partial charge in [0, 0.05) is 24.1 Å². The van der Waals surface area contributed by atoms with E-state index in [0.717, 1.165) is 0 Å². The number of allylic oxidation sites excluding steroid dienone is 3. The summed E-state index contributed by atoms with van der Waals surface area (Å²) in [7, 11) is 0. The molecule has 1 fully saturated rings. The fourth-order valence-corrected chi connectivity index (χ4v) is 5.51. The zero-order chi connectivity index (χ0) is 22.9. The molecule has 1 aromatic carbocycles. The average molecular weight is 435 g/mol. The van der Waals surface area contributed by atoms with Crippen molar-refractivity contribution in [2.45, 2.75) is 24.9 Å². The number of hydrogen-bond donors (Lipinski definition) is 5. The predicted octanol–water partition coefficient (Wildman–Crippen LogP) is 0.832. The summed E-state index contributed by atoms with van der Waals surface area (Å²) in [4.78, 5) is 37.7. The van der Waals surface area contributed by atoms with Crippen LogP contribution in [0.4, 0.5) is 0 Å². The molecule has 1 amide bonds. The first-order valence-corrected chi connectivity index (χ1v) is 10.2. The van der Waals surface area contributed by atoms with E-state index < -0.39 is 40.3 Å². The van der Waals surface area contributed by atoms with Gasteiger partial charge in [0.2, 0.25) is 5.60 Å². The molecule has 1 heterocycles. The number of aliphatic hydroxyl groups is 1. The summed E-state index contributed by atoms with van der Waals surface area (Å²) >= 11 is 0. The van der Waals surface area contributed by atoms with Crippen LogP contribution in [-0.2, 0) is 20.7 Å². The Morgan fingerprint density at radius 3 is 2.59 bits per heavy atom. The van der Waals surface area contributed by atoms with Crippen LogP contribution < -0.4 is 17.2 Å². The van der Waals surface area contributed by atoms with Gasteiger partial charge in [0.05, 0.1) is 5.56 Å². The lowest BCUT2D eigenvalue weighted by molar-refractivity contribution is -0.123. The largest absolute Gasteiger partial charge is 0.507 e. The van der Waals surface area contributed by atoms with E-state index in [4.69, 9.17) is 21.9 Å². The summed E-state index contributed by atoms with van der Waals surface area (Å²) in [6.45, 7) is 0. The summed E-state index contributed by atoms with van der Waals surface area (Å²) < 4.78 is 5.79. The highest BCUT2D eigenvalue weighted by Gasteiger charge is 2.71. The van der Waals surface area contributed by atoms with E-state index in [9.17, 15) is 24.6 Å². The summed E-state index contributed by atoms with van der Waals surface area (Å²) in [5.74, 6) is -3.15. The second kappa shape index (κ2) is 6.49. The number of fused-ring (bicyclic) bond motifs is 2. The van der Waals surface area contributed by atoms with E-state index in [2.05, 4.69) is 0 Å². The molecule has 164 valence electrons. The van der Waals surface area contributed by atoms with Crippen LogP contribution >= 0.6 is 0 Å². The lowest BCUT2D eigenvalue weighted by atomic mass is 9.63. The maximum atomic E-state index is 13.5. The minimum absolute atomic E-state index is 0.0204. The first kappa shape index (κ1) is 19.9. The molecule has 32 heavy (non-hydrogen) atoms. The highest BCUT2D eigenvalue weighted by Crippen LogP contribution is 2.64. The van der Waals surface area contributed by atoms with Gasteiger partial charge in [-0.3, -0.25) is 14.4 Å². The number of benzene rings is 1. The number of aromatic hydroxyl groups is 1. The van der Waals surface area contributed by atoms with Crippen LogP contribution in [0.2, 0.25) is 0 Å². The Bertz CT molecular complexity index is 1250. The number of aliphatic hydroxyl groups excluding tert-OH is 1. The van der Waals surface area contributed by atoms with E-state index in [1.165, 1.54) is 18.5 Å². The van der Waals surface area contributed by atoms with Crippen molar-refractivity contribution in [3.05, 3.63) is 70.0 Å². The highest BCUT2D eigenvalue weighted by atomic mass is 16.6. The summed E-state index contributed by atoms with van der Waals surface area (Å²) in [6, 6.07) is 3.10. The molecule has 4 aliphatic rings. The van der Waals surface area contributed by atoms with E-state index in [1.807, 2.05) is 0 Å². The molecule has 5 rings (SSSR count). The molecule has 0 bridgehead atoms. The van der Waals surface area contributed by atoms with Gasteiger partial charge < -0.3 is 32.2 Å². The van der Waals surface area contributed by atoms with Gasteiger partial charge in [-0.15, -0.1) is 0 Å². The number of carbonyl (C=O) groups is 3. The van der Waals surface area contributed by atoms with Crippen LogP contribution in [-0.4, -0.2) is 33.3 Å². The number of amides is 1. The monoisotopic (exact) mass is 435 g/mol. The van der Waals surface area contributed by atoms with Crippen LogP contribution in [0.5, 0.6) is 5.75 Å². The van der Waals surface area contributed by atoms with Gasteiger partial charge in [-0.1, -0.05) is 6.07 Å². The van der Waals surface area contributed by atoms with Crippen molar-refractivity contribution in [3.63, 3.8) is 0 Å². The Labute approximate surface area is 182 Å². The predicted molar refractivity (Wildman–Crippen MR) is 113 cm³/mol. The summed E-state index contributed by atoms with van der Waals surface area (Å²) in [6.07, 6.45) is 5.08. The Kier molecular flexibility index (Phi) is 4.04. The Hall–Kier alpha value is -4.01. The number of ether oxygens (including phenoxy) is 1. The lowest BCUT2D eigenvalue weighted by Crippen LogP contribution is -2.43. The number of epoxide rings is 1. The SMILES string of the molecule is N/C=C\C(=C/N)c1ccc(O)c2c1CC1C[C@H]3CC(=O)C(C(N)=O)=C(O)[C@]34OC4=C1C2=O. The fourth-order valence-electron chi connectivity index (χ4n) is 5.51. The summed E-state index contributed by atoms with van der Waals surface area (Å²) in [5, 5.41) is 21.3. The molecular formula is C23H21N3O6. The molecule has 8 N–H and O–H groups in total. The molecule has 3 atom stereocenters. The number of carbonyl (C=O) groups excluding carboxylic acids is 3. The van der Waals surface area contributed by atoms with Crippen molar-refractivity contribution in [2.24, 2.45) is 29.0 Å². The zero-order valence-corrected chi connectivity index (χ0v) is 16.9. The maximum Gasteiger partial charge on any atom is 0.255 e. The van der Waals surface area contributed by atoms with Crippen LogP contribution in [0, 0.1) is 11.8 Å². The third-order valence-corrected chi connectivity index (χ3v) is 6.88. The molecule has 1 spiro atoms. The Morgan fingerprint density at radius 1 is 1.19 bits per heavy atom. The summed E-state index contributed by atoms with van der Waals surface area (Å²) in [5.41, 5.74) is 17.1. The molecule has 9 nitrogen and oxygen atoms in total. The first-order chi connectivity index (χ1) is 15.3. The van der Waals surface area contributed by atoms with Crippen molar-refractivity contribution >= 4 is 23.0 Å². The quantitative estimate of drug-likeness (QED) is 0.263. The van der Waals surface area contributed by atoms with Crippen LogP contribution in [0.15, 0.2) is 53.3 Å². The molecule has 0 saturated carbocycles. The van der Waals surface area contributed by atoms with Crippen LogP contribution in [0.3, 0.4) is 0 Å². The number of Topliss-reactive ketones (excluding diaryl/α,β-unsaturated/α-hetero) is 2. The van der Waals surface area contributed by atoms with Gasteiger partial charge in [0.25, 0.3) is 5.91 Å². The van der Waals surface area contributed by atoms with Crippen LogP contribution in [0.25, 0.3) is 5.57 Å². The van der Waals surface area contributed by atoms with Crippen molar-refractivity contribution in [2.75, 3.05) is 0 Å². The standard InChI is InChI=1S/C23H21N3O6/c24-4-3-9(8-25)12-1-2-14(27)17-13(12)6-10-5-11-7-15(28)18(22(26)31)20(30)23(11)21(32-23)16(10)19(17)29/h1-4,8,10-11,27,30H,5-7,24-25H2,(H2,26,31)/b4-3-,9-8+/t10?,11-,23+/m0/s1. The third-order valence-electron chi connectivity index (χ3n) is 6.88. The van der Waals surface area contributed by atoms with E-state index >= 15 is 0 Å². The van der Waals surface area contributed by atoms with Gasteiger partial charge in [-0.2, -0.15) is 0 Å². The fraction of sp³-hybridized carbons (Fsp3) is 0.261. The molecule has 3 aliphatic carbocycles. The number of nitrogens with two attached hydrogens (primary N) is 3. The minimum atomic E-state index is -1.37. The molecule has 1 aromatic rings. The molecular weight excluding hydrogens is 414 g/mol. The van der Waals surface area contributed by atoms with Crippen molar-refractivity contribution in [3.8, 4) is 5.75 Å². The lowest BCUT2D eigenvalue weighted by Gasteiger charge is -2.36. The highest BCUT2D eigenvalue weighted by molar-refractivity contribution is 6.21. The van der Waals surface area contributed by atoms with E-state index in [1.54, 1.807) is 12.1 Å². The second-order valence-electron chi connectivity index (χ2n) is 8.43. The number of primary amides is 1. The van der Waals surface area contributed by atoms with E-state index in [0.29, 0.717) is 35.1 Å². The Balaban J connectivity index is 1.69. The van der Waals surface area contributed by atoms with Gasteiger partial charge in [0.1, 0.15) is 11.3 Å². The molecule has 9 heteroatoms. The zero-order valence-electron chi connectivity index (χ0n) is 16.9. The van der Waals surface area contributed by atoms with Gasteiger partial charge >= 0.3 is 0 Å². The first-order valence-electron chi connectivity index (χ1n) is 10.2. The second-order valence-corrected chi connectivity index (χ2v) is 8.43. The number of phenols is 1. The molecule has 1 aliphatic heterocycles. The number of ketones is 2. The number of rotatable bonds is 3. The van der Waals surface area contributed by atoms with Crippen LogP contribution in [0.1, 0.15) is 34.3 Å². The topological polar surface area (TPSA) is 182 Å². The normalized spacial score (nSPS) is 28.7. The van der Waals surface area contributed by atoms with Crippen molar-refractivity contribution in [1.29, 1.82) is 0 Å². The van der Waals surface area contributed by atoms with Crippen molar-refractivity contribution < 1.29 is 29.3 Å². The minimum Gasteiger partial charge on any atom is -0.507 e. The Morgan fingerprint density at radius 2 is 1.94 bits per heavy atom.